The molecule has 0 bridgehead atoms. The van der Waals surface area contributed by atoms with Gasteiger partial charge in [0, 0.05) is 26.2 Å². The van der Waals surface area contributed by atoms with Crippen molar-refractivity contribution in [1.82, 2.24) is 9.80 Å². The van der Waals surface area contributed by atoms with Crippen molar-refractivity contribution in [3.63, 3.8) is 0 Å². The summed E-state index contributed by atoms with van der Waals surface area (Å²) < 4.78 is 0. The first-order chi connectivity index (χ1) is 6.52. The van der Waals surface area contributed by atoms with Gasteiger partial charge in [0.1, 0.15) is 0 Å². The largest absolute Gasteiger partial charge is 0.395 e. The molecule has 0 aromatic heterocycles. The first-order valence-corrected chi connectivity index (χ1v) is 5.11. The van der Waals surface area contributed by atoms with Gasteiger partial charge in [-0.15, -0.1) is 0 Å². The summed E-state index contributed by atoms with van der Waals surface area (Å²) in [7, 11) is 1.79. The summed E-state index contributed by atoms with van der Waals surface area (Å²) in [5.41, 5.74) is 0. The molecule has 0 unspecified atom stereocenters. The van der Waals surface area contributed by atoms with Crippen LogP contribution in [0.5, 0.6) is 0 Å². The minimum atomic E-state index is 0.0985. The maximum Gasteiger partial charge on any atom is 0.236 e. The van der Waals surface area contributed by atoms with Crippen LogP contribution in [0.3, 0.4) is 0 Å². The molecule has 0 aliphatic rings. The second kappa shape index (κ2) is 6.79. The zero-order valence-electron chi connectivity index (χ0n) is 9.66. The van der Waals surface area contributed by atoms with Crippen molar-refractivity contribution in [2.75, 3.05) is 33.3 Å². The zero-order valence-corrected chi connectivity index (χ0v) is 9.66. The minimum absolute atomic E-state index is 0.0985. The average molecular weight is 202 g/mol. The molecule has 1 N–H and O–H groups in total. The van der Waals surface area contributed by atoms with Crippen LogP contribution in [-0.4, -0.2) is 60.1 Å². The SMILES string of the molecule is CCN(C)C(=O)CN(CCO)C(C)C. The molecular formula is C10H22N2O2. The Morgan fingerprint density at radius 1 is 1.43 bits per heavy atom. The number of rotatable bonds is 6. The summed E-state index contributed by atoms with van der Waals surface area (Å²) in [6, 6.07) is 0.288. The number of aliphatic hydroxyl groups excluding tert-OH is 1. The Labute approximate surface area is 86.5 Å². The molecule has 1 amide bonds. The van der Waals surface area contributed by atoms with Crippen molar-refractivity contribution < 1.29 is 9.90 Å². The molecule has 4 nitrogen and oxygen atoms in total. The summed E-state index contributed by atoms with van der Waals surface area (Å²) in [5.74, 6) is 0.106. The molecule has 84 valence electrons. The zero-order chi connectivity index (χ0) is 11.1. The molecule has 0 fully saturated rings. The van der Waals surface area contributed by atoms with Gasteiger partial charge in [-0.2, -0.15) is 0 Å². The van der Waals surface area contributed by atoms with E-state index < -0.39 is 0 Å². The van der Waals surface area contributed by atoms with Gasteiger partial charge in [0.15, 0.2) is 0 Å². The van der Waals surface area contributed by atoms with Crippen molar-refractivity contribution in [2.24, 2.45) is 0 Å². The predicted molar refractivity (Wildman–Crippen MR) is 57.1 cm³/mol. The number of carbonyl (C=O) groups is 1. The van der Waals surface area contributed by atoms with E-state index in [9.17, 15) is 4.79 Å². The Morgan fingerprint density at radius 3 is 2.36 bits per heavy atom. The van der Waals surface area contributed by atoms with Crippen molar-refractivity contribution in [3.05, 3.63) is 0 Å². The molecule has 0 aliphatic heterocycles. The van der Waals surface area contributed by atoms with Gasteiger partial charge in [0.25, 0.3) is 0 Å². The topological polar surface area (TPSA) is 43.8 Å². The van der Waals surface area contributed by atoms with E-state index in [1.165, 1.54) is 0 Å². The summed E-state index contributed by atoms with van der Waals surface area (Å²) >= 11 is 0. The van der Waals surface area contributed by atoms with Crippen LogP contribution in [0.4, 0.5) is 0 Å². The highest BCUT2D eigenvalue weighted by molar-refractivity contribution is 5.77. The summed E-state index contributed by atoms with van der Waals surface area (Å²) in [6.07, 6.45) is 0. The van der Waals surface area contributed by atoms with Gasteiger partial charge < -0.3 is 10.0 Å². The molecule has 0 saturated heterocycles. The number of aliphatic hydroxyl groups is 1. The van der Waals surface area contributed by atoms with E-state index in [1.54, 1.807) is 11.9 Å². The van der Waals surface area contributed by atoms with Crippen LogP contribution in [0.25, 0.3) is 0 Å². The molecule has 0 aromatic carbocycles. The third kappa shape index (κ3) is 4.58. The fourth-order valence-corrected chi connectivity index (χ4v) is 1.12. The Morgan fingerprint density at radius 2 is 2.00 bits per heavy atom. The molecule has 0 atom stereocenters. The molecule has 0 aliphatic carbocycles. The number of carbonyl (C=O) groups excluding carboxylic acids is 1. The molecule has 0 radical (unpaired) electrons. The van der Waals surface area contributed by atoms with Gasteiger partial charge in [-0.25, -0.2) is 0 Å². The Kier molecular flexibility index (Phi) is 6.49. The normalized spacial score (nSPS) is 11.1. The quantitative estimate of drug-likeness (QED) is 0.667. The van der Waals surface area contributed by atoms with Crippen LogP contribution in [0.1, 0.15) is 20.8 Å². The molecule has 0 saturated carbocycles. The van der Waals surface area contributed by atoms with Crippen LogP contribution >= 0.6 is 0 Å². The first kappa shape index (κ1) is 13.4. The van der Waals surface area contributed by atoms with Crippen molar-refractivity contribution in [3.8, 4) is 0 Å². The highest BCUT2D eigenvalue weighted by Crippen LogP contribution is 1.98. The van der Waals surface area contributed by atoms with E-state index in [-0.39, 0.29) is 18.6 Å². The van der Waals surface area contributed by atoms with E-state index in [0.29, 0.717) is 13.1 Å². The second-order valence-corrected chi connectivity index (χ2v) is 3.70. The van der Waals surface area contributed by atoms with Gasteiger partial charge in [0.05, 0.1) is 13.2 Å². The number of amides is 1. The highest BCUT2D eigenvalue weighted by atomic mass is 16.3. The third-order valence-corrected chi connectivity index (χ3v) is 2.36. The molecule has 0 rings (SSSR count). The summed E-state index contributed by atoms with van der Waals surface area (Å²) in [4.78, 5) is 15.2. The van der Waals surface area contributed by atoms with E-state index in [1.807, 2.05) is 25.7 Å². The third-order valence-electron chi connectivity index (χ3n) is 2.36. The van der Waals surface area contributed by atoms with E-state index in [0.717, 1.165) is 6.54 Å². The predicted octanol–water partition coefficient (Wildman–Crippen LogP) is 0.167. The highest BCUT2D eigenvalue weighted by Gasteiger charge is 2.15. The molecule has 0 aromatic rings. The average Bonchev–Trinajstić information content (AvgIpc) is 2.15. The number of hydrogen-bond donors (Lipinski definition) is 1. The Hall–Kier alpha value is -0.610. The maximum absolute atomic E-state index is 11.6. The van der Waals surface area contributed by atoms with Crippen molar-refractivity contribution >= 4 is 5.91 Å². The standard InChI is InChI=1S/C10H22N2O2/c1-5-11(4)10(14)8-12(6-7-13)9(2)3/h9,13H,5-8H2,1-4H3. The monoisotopic (exact) mass is 202 g/mol. The first-order valence-electron chi connectivity index (χ1n) is 5.11. The van der Waals surface area contributed by atoms with Crippen LogP contribution in [0.15, 0.2) is 0 Å². The van der Waals surface area contributed by atoms with Crippen LogP contribution in [-0.2, 0) is 4.79 Å². The molecular weight excluding hydrogens is 180 g/mol. The van der Waals surface area contributed by atoms with Crippen LogP contribution in [0, 0.1) is 0 Å². The maximum atomic E-state index is 11.6. The minimum Gasteiger partial charge on any atom is -0.395 e. The van der Waals surface area contributed by atoms with Crippen LogP contribution in [0.2, 0.25) is 0 Å². The number of likely N-dealkylation sites (N-methyl/N-ethyl adjacent to an activating group) is 1. The fraction of sp³-hybridized carbons (Fsp3) is 0.900. The second-order valence-electron chi connectivity index (χ2n) is 3.70. The van der Waals surface area contributed by atoms with Crippen molar-refractivity contribution in [1.29, 1.82) is 0 Å². The van der Waals surface area contributed by atoms with Gasteiger partial charge in [-0.05, 0) is 20.8 Å². The summed E-state index contributed by atoms with van der Waals surface area (Å²) in [6.45, 7) is 7.77. The molecule has 0 heterocycles. The van der Waals surface area contributed by atoms with Gasteiger partial charge >= 0.3 is 0 Å². The fourth-order valence-electron chi connectivity index (χ4n) is 1.12. The van der Waals surface area contributed by atoms with E-state index in [4.69, 9.17) is 5.11 Å². The Balaban J connectivity index is 4.08. The van der Waals surface area contributed by atoms with E-state index in [2.05, 4.69) is 0 Å². The van der Waals surface area contributed by atoms with Crippen LogP contribution < -0.4 is 0 Å². The Bertz CT molecular complexity index is 172. The van der Waals surface area contributed by atoms with Crippen molar-refractivity contribution in [2.45, 2.75) is 26.8 Å². The molecule has 0 spiro atoms. The molecule has 14 heavy (non-hydrogen) atoms. The lowest BCUT2D eigenvalue weighted by atomic mass is 10.3. The lowest BCUT2D eigenvalue weighted by Gasteiger charge is -2.26. The van der Waals surface area contributed by atoms with E-state index >= 15 is 0 Å². The number of hydrogen-bond acceptors (Lipinski definition) is 3. The number of nitrogens with zero attached hydrogens (tertiary/aromatic N) is 2. The lowest BCUT2D eigenvalue weighted by Crippen LogP contribution is -2.42. The summed E-state index contributed by atoms with van der Waals surface area (Å²) in [5, 5.41) is 8.83. The van der Waals surface area contributed by atoms with Gasteiger partial charge in [0.2, 0.25) is 5.91 Å². The molecule has 4 heteroatoms. The smallest absolute Gasteiger partial charge is 0.236 e. The lowest BCUT2D eigenvalue weighted by molar-refractivity contribution is -0.131. The van der Waals surface area contributed by atoms with Gasteiger partial charge in [-0.1, -0.05) is 0 Å². The van der Waals surface area contributed by atoms with Gasteiger partial charge in [-0.3, -0.25) is 9.69 Å².